The Morgan fingerprint density at radius 3 is 2.24 bits per heavy atom. The minimum atomic E-state index is 1.03. The topological polar surface area (TPSA) is 12.9 Å². The van der Waals surface area contributed by atoms with Gasteiger partial charge in [-0.05, 0) is 64.6 Å². The highest BCUT2D eigenvalue weighted by Crippen LogP contribution is 2.43. The quantitative estimate of drug-likeness (QED) is 0.240. The van der Waals surface area contributed by atoms with Gasteiger partial charge in [0.25, 0.3) is 0 Å². The van der Waals surface area contributed by atoms with Gasteiger partial charge in [0.2, 0.25) is 0 Å². The summed E-state index contributed by atoms with van der Waals surface area (Å²) in [4.78, 5) is 4.94. The summed E-state index contributed by atoms with van der Waals surface area (Å²) in [5.41, 5.74) is 9.71. The summed E-state index contributed by atoms with van der Waals surface area (Å²) in [6.07, 6.45) is 2.03. The van der Waals surface area contributed by atoms with Crippen molar-refractivity contribution in [2.45, 2.75) is 13.8 Å². The van der Waals surface area contributed by atoms with E-state index in [9.17, 15) is 0 Å². The molecule has 2 heterocycles. The summed E-state index contributed by atoms with van der Waals surface area (Å²) in [7, 11) is 0. The number of nitrogens with zero attached hydrogens (tertiary/aromatic N) is 1. The van der Waals surface area contributed by atoms with E-state index in [0.717, 1.165) is 5.69 Å². The van der Waals surface area contributed by atoms with Gasteiger partial charge in [0, 0.05) is 37.5 Å². The second kappa shape index (κ2) is 8.69. The van der Waals surface area contributed by atoms with E-state index < -0.39 is 0 Å². The first-order chi connectivity index (χ1) is 18.2. The molecule has 0 aliphatic heterocycles. The van der Waals surface area contributed by atoms with Crippen LogP contribution in [0.5, 0.6) is 0 Å². The molecule has 2 heteroatoms. The minimum Gasteiger partial charge on any atom is -0.256 e. The zero-order valence-electron chi connectivity index (χ0n) is 20.8. The van der Waals surface area contributed by atoms with Crippen molar-refractivity contribution in [2.75, 3.05) is 0 Å². The van der Waals surface area contributed by atoms with Gasteiger partial charge in [0.1, 0.15) is 0 Å². The van der Waals surface area contributed by atoms with Gasteiger partial charge >= 0.3 is 0 Å². The number of thiophene rings is 1. The molecular weight excluding hydrogens is 466 g/mol. The lowest BCUT2D eigenvalue weighted by Crippen LogP contribution is -1.90. The Labute approximate surface area is 220 Å². The first-order valence-electron chi connectivity index (χ1n) is 12.6. The molecule has 0 bridgehead atoms. The van der Waals surface area contributed by atoms with E-state index in [4.69, 9.17) is 4.98 Å². The first kappa shape index (κ1) is 22.0. The number of hydrogen-bond donors (Lipinski definition) is 0. The van der Waals surface area contributed by atoms with E-state index in [-0.39, 0.29) is 0 Å². The van der Waals surface area contributed by atoms with Gasteiger partial charge in [-0.1, -0.05) is 97.1 Å². The van der Waals surface area contributed by atoms with Crippen LogP contribution in [0.4, 0.5) is 0 Å². The molecule has 0 fully saturated rings. The van der Waals surface area contributed by atoms with Gasteiger partial charge in [-0.15, -0.1) is 11.3 Å². The van der Waals surface area contributed by atoms with Gasteiger partial charge in [-0.25, -0.2) is 0 Å². The zero-order chi connectivity index (χ0) is 24.9. The molecule has 0 aliphatic rings. The Kier molecular flexibility index (Phi) is 5.16. The highest BCUT2D eigenvalue weighted by atomic mass is 32.1. The number of hydrogen-bond acceptors (Lipinski definition) is 2. The highest BCUT2D eigenvalue weighted by Gasteiger charge is 2.16. The summed E-state index contributed by atoms with van der Waals surface area (Å²) < 4.78 is 2.62. The van der Waals surface area contributed by atoms with Crippen LogP contribution in [0.2, 0.25) is 0 Å². The molecular formula is C35H25NS. The summed E-state index contributed by atoms with van der Waals surface area (Å²) in [5.74, 6) is 0. The Hall–Kier alpha value is -4.27. The average molecular weight is 492 g/mol. The second-order valence-electron chi connectivity index (χ2n) is 9.72. The van der Waals surface area contributed by atoms with Crippen LogP contribution in [0.1, 0.15) is 11.1 Å². The van der Waals surface area contributed by atoms with Gasteiger partial charge in [0.15, 0.2) is 0 Å². The van der Waals surface area contributed by atoms with Crippen molar-refractivity contribution in [1.29, 1.82) is 0 Å². The molecule has 0 aliphatic carbocycles. The number of benzene rings is 5. The number of fused-ring (bicyclic) bond motifs is 4. The number of rotatable bonds is 3. The summed E-state index contributed by atoms with van der Waals surface area (Å²) >= 11 is 1.88. The van der Waals surface area contributed by atoms with E-state index >= 15 is 0 Å². The van der Waals surface area contributed by atoms with Crippen molar-refractivity contribution in [3.63, 3.8) is 0 Å². The molecule has 0 unspecified atom stereocenters. The Bertz CT molecular complexity index is 1940. The van der Waals surface area contributed by atoms with E-state index in [1.165, 1.54) is 69.9 Å². The second-order valence-corrected chi connectivity index (χ2v) is 10.8. The van der Waals surface area contributed by atoms with E-state index in [1.54, 1.807) is 0 Å². The van der Waals surface area contributed by atoms with Gasteiger partial charge in [-0.2, -0.15) is 0 Å². The molecule has 0 saturated carbocycles. The molecule has 176 valence electrons. The maximum absolute atomic E-state index is 4.94. The molecule has 37 heavy (non-hydrogen) atoms. The third kappa shape index (κ3) is 3.64. The SMILES string of the molecule is Cc1cc(-c2ccc(C)c3c2sc2cc(-c4cccc5ccccc45)ccc23)ncc1-c1ccccc1. The fraction of sp³-hybridized carbons (Fsp3) is 0.0571. The van der Waals surface area contributed by atoms with Crippen LogP contribution in [0.25, 0.3) is 64.5 Å². The van der Waals surface area contributed by atoms with E-state index in [2.05, 4.69) is 123 Å². The van der Waals surface area contributed by atoms with Gasteiger partial charge < -0.3 is 0 Å². The fourth-order valence-corrected chi connectivity index (χ4v) is 6.86. The predicted octanol–water partition coefficient (Wildman–Crippen LogP) is 10.2. The van der Waals surface area contributed by atoms with Crippen LogP contribution in [0, 0.1) is 13.8 Å². The van der Waals surface area contributed by atoms with Gasteiger partial charge in [0.05, 0.1) is 5.69 Å². The molecule has 7 aromatic rings. The molecule has 0 spiro atoms. The molecule has 7 rings (SSSR count). The van der Waals surface area contributed by atoms with Crippen LogP contribution in [0.3, 0.4) is 0 Å². The number of aromatic nitrogens is 1. The van der Waals surface area contributed by atoms with Crippen molar-refractivity contribution in [3.8, 4) is 33.5 Å². The van der Waals surface area contributed by atoms with Crippen LogP contribution in [-0.4, -0.2) is 4.98 Å². The highest BCUT2D eigenvalue weighted by molar-refractivity contribution is 7.26. The van der Waals surface area contributed by atoms with Crippen LogP contribution in [0.15, 0.2) is 115 Å². The Morgan fingerprint density at radius 1 is 0.568 bits per heavy atom. The molecule has 5 aromatic carbocycles. The van der Waals surface area contributed by atoms with Crippen LogP contribution < -0.4 is 0 Å². The summed E-state index contributed by atoms with van der Waals surface area (Å²) in [6.45, 7) is 4.40. The van der Waals surface area contributed by atoms with Crippen molar-refractivity contribution in [1.82, 2.24) is 4.98 Å². The normalized spacial score (nSPS) is 11.5. The largest absolute Gasteiger partial charge is 0.256 e. The number of pyridine rings is 1. The lowest BCUT2D eigenvalue weighted by molar-refractivity contribution is 1.29. The molecule has 0 N–H and O–H groups in total. The van der Waals surface area contributed by atoms with Crippen molar-refractivity contribution in [3.05, 3.63) is 127 Å². The fourth-order valence-electron chi connectivity index (χ4n) is 5.51. The van der Waals surface area contributed by atoms with Crippen molar-refractivity contribution in [2.24, 2.45) is 0 Å². The molecule has 0 radical (unpaired) electrons. The van der Waals surface area contributed by atoms with Gasteiger partial charge in [-0.3, -0.25) is 4.98 Å². The Morgan fingerprint density at radius 2 is 1.38 bits per heavy atom. The monoisotopic (exact) mass is 491 g/mol. The maximum Gasteiger partial charge on any atom is 0.0719 e. The minimum absolute atomic E-state index is 1.03. The summed E-state index contributed by atoms with van der Waals surface area (Å²) in [6, 6.07) is 39.4. The average Bonchev–Trinajstić information content (AvgIpc) is 3.33. The smallest absolute Gasteiger partial charge is 0.0719 e. The van der Waals surface area contributed by atoms with Crippen molar-refractivity contribution < 1.29 is 0 Å². The van der Waals surface area contributed by atoms with Crippen molar-refractivity contribution >= 4 is 42.3 Å². The molecule has 0 saturated heterocycles. The zero-order valence-corrected chi connectivity index (χ0v) is 21.6. The lowest BCUT2D eigenvalue weighted by atomic mass is 9.96. The first-order valence-corrected chi connectivity index (χ1v) is 13.5. The molecule has 2 aromatic heterocycles. The molecule has 0 amide bonds. The maximum atomic E-state index is 4.94. The van der Waals surface area contributed by atoms with E-state index in [0.29, 0.717) is 0 Å². The third-order valence-corrected chi connectivity index (χ3v) is 8.59. The molecule has 1 nitrogen and oxygen atoms in total. The summed E-state index contributed by atoms with van der Waals surface area (Å²) in [5, 5.41) is 5.23. The van der Waals surface area contributed by atoms with E-state index in [1.807, 2.05) is 17.5 Å². The predicted molar refractivity (Wildman–Crippen MR) is 160 cm³/mol. The lowest BCUT2D eigenvalue weighted by Gasteiger charge is -2.10. The third-order valence-electron chi connectivity index (χ3n) is 7.40. The van der Waals surface area contributed by atoms with Crippen LogP contribution >= 0.6 is 11.3 Å². The van der Waals surface area contributed by atoms with Crippen LogP contribution in [-0.2, 0) is 0 Å². The standard InChI is InChI=1S/C35H25NS/c1-22-15-17-29(32-19-23(2)31(21-36-32)25-9-4-3-5-10-25)35-34(22)30-18-16-26(20-33(30)37-35)28-14-8-12-24-11-6-7-13-27(24)28/h3-21H,1-2H3. The number of aryl methyl sites for hydroxylation is 2. The Balaban J connectivity index is 1.40. The molecule has 0 atom stereocenters.